The summed E-state index contributed by atoms with van der Waals surface area (Å²) in [5.41, 5.74) is 3.60. The largest absolute Gasteiger partial charge is 0.323 e. The van der Waals surface area contributed by atoms with E-state index in [1.165, 1.54) is 24.3 Å². The molecule has 1 aliphatic rings. The van der Waals surface area contributed by atoms with Crippen molar-refractivity contribution < 1.29 is 13.6 Å². The van der Waals surface area contributed by atoms with Gasteiger partial charge in [0.2, 0.25) is 0 Å². The van der Waals surface area contributed by atoms with Crippen molar-refractivity contribution in [1.29, 1.82) is 0 Å². The van der Waals surface area contributed by atoms with Gasteiger partial charge in [-0.15, -0.1) is 0 Å². The zero-order valence-electron chi connectivity index (χ0n) is 16.8. The highest BCUT2D eigenvalue weighted by Gasteiger charge is 2.33. The lowest BCUT2D eigenvalue weighted by atomic mass is 10.0. The average Bonchev–Trinajstić information content (AvgIpc) is 3.21. The van der Waals surface area contributed by atoms with Crippen LogP contribution in [0.3, 0.4) is 0 Å². The van der Waals surface area contributed by atoms with Crippen LogP contribution < -0.4 is 5.32 Å². The summed E-state index contributed by atoms with van der Waals surface area (Å²) in [4.78, 5) is 15.1. The first kappa shape index (κ1) is 20.5. The standard InChI is InChI=1S/C25H18BrF2N3O/c26-18-9-12-21(20(28)14-18)29-25(32)31-15-17-4-1-2-5-22(17)30-13-3-6-23(30)24(31)16-7-10-19(27)11-8-16/h1-14,24H,15H2,(H,29,32). The van der Waals surface area contributed by atoms with Gasteiger partial charge in [-0.3, -0.25) is 0 Å². The molecule has 32 heavy (non-hydrogen) atoms. The Bertz CT molecular complexity index is 1300. The molecule has 0 bridgehead atoms. The summed E-state index contributed by atoms with van der Waals surface area (Å²) in [5, 5.41) is 2.71. The first-order chi connectivity index (χ1) is 15.5. The molecule has 4 aromatic rings. The Morgan fingerprint density at radius 2 is 1.75 bits per heavy atom. The number of aromatic nitrogens is 1. The van der Waals surface area contributed by atoms with Crippen molar-refractivity contribution in [3.05, 3.63) is 118 Å². The van der Waals surface area contributed by atoms with Gasteiger partial charge < -0.3 is 14.8 Å². The molecular formula is C25H18BrF2N3O. The Kier molecular flexibility index (Phi) is 5.27. The molecule has 0 aliphatic carbocycles. The Morgan fingerprint density at radius 1 is 0.969 bits per heavy atom. The van der Waals surface area contributed by atoms with Crippen LogP contribution in [0.4, 0.5) is 19.3 Å². The number of carbonyl (C=O) groups is 1. The number of carbonyl (C=O) groups excluding carboxylic acids is 1. The summed E-state index contributed by atoms with van der Waals surface area (Å²) in [6.07, 6.45) is 1.94. The van der Waals surface area contributed by atoms with Gasteiger partial charge in [0.1, 0.15) is 11.6 Å². The maximum Gasteiger partial charge on any atom is 0.323 e. The molecule has 0 saturated carbocycles. The van der Waals surface area contributed by atoms with Gasteiger partial charge in [0.05, 0.1) is 24.0 Å². The second-order valence-electron chi connectivity index (χ2n) is 7.57. The molecule has 1 N–H and O–H groups in total. The number of hydrogen-bond acceptors (Lipinski definition) is 1. The Morgan fingerprint density at radius 3 is 2.53 bits per heavy atom. The van der Waals surface area contributed by atoms with Crippen molar-refractivity contribution in [2.75, 3.05) is 5.32 Å². The molecule has 4 nitrogen and oxygen atoms in total. The van der Waals surface area contributed by atoms with E-state index in [2.05, 4.69) is 21.2 Å². The number of rotatable bonds is 2. The van der Waals surface area contributed by atoms with E-state index >= 15 is 0 Å². The molecule has 0 radical (unpaired) electrons. The van der Waals surface area contributed by atoms with E-state index in [1.807, 2.05) is 47.2 Å². The van der Waals surface area contributed by atoms with Crippen LogP contribution in [0.2, 0.25) is 0 Å². The minimum Gasteiger partial charge on any atom is -0.318 e. The Hall–Kier alpha value is -3.45. The van der Waals surface area contributed by atoms with Gasteiger partial charge in [-0.2, -0.15) is 0 Å². The zero-order valence-corrected chi connectivity index (χ0v) is 18.4. The van der Waals surface area contributed by atoms with E-state index in [4.69, 9.17) is 0 Å². The number of nitrogens with one attached hydrogen (secondary N) is 1. The first-order valence-electron chi connectivity index (χ1n) is 10.0. The number of hydrogen-bond donors (Lipinski definition) is 1. The van der Waals surface area contributed by atoms with Gasteiger partial charge in [-0.05, 0) is 59.7 Å². The molecule has 1 atom stereocenters. The smallest absolute Gasteiger partial charge is 0.318 e. The van der Waals surface area contributed by atoms with Crippen LogP contribution in [-0.2, 0) is 6.54 Å². The predicted octanol–water partition coefficient (Wildman–Crippen LogP) is 6.66. The molecule has 160 valence electrons. The highest BCUT2D eigenvalue weighted by atomic mass is 79.9. The maximum absolute atomic E-state index is 14.4. The summed E-state index contributed by atoms with van der Waals surface area (Å²) in [6.45, 7) is 0.296. The highest BCUT2D eigenvalue weighted by Crippen LogP contribution is 2.37. The van der Waals surface area contributed by atoms with Crippen molar-refractivity contribution in [2.45, 2.75) is 12.6 Å². The molecule has 1 aliphatic heterocycles. The number of nitrogens with zero attached hydrogens (tertiary/aromatic N) is 2. The summed E-state index contributed by atoms with van der Waals surface area (Å²) in [7, 11) is 0. The molecule has 0 spiro atoms. The normalized spacial score (nSPS) is 15.0. The summed E-state index contributed by atoms with van der Waals surface area (Å²) in [6, 6.07) is 21.3. The first-order valence-corrected chi connectivity index (χ1v) is 10.8. The molecule has 1 unspecified atom stereocenters. The van der Waals surface area contributed by atoms with E-state index in [0.29, 0.717) is 11.0 Å². The Balaban J connectivity index is 1.62. The van der Waals surface area contributed by atoms with Gasteiger partial charge in [0, 0.05) is 16.4 Å². The van der Waals surface area contributed by atoms with Crippen LogP contribution >= 0.6 is 15.9 Å². The van der Waals surface area contributed by atoms with Crippen LogP contribution in [0.1, 0.15) is 22.9 Å². The highest BCUT2D eigenvalue weighted by molar-refractivity contribution is 9.10. The summed E-state index contributed by atoms with van der Waals surface area (Å²) < 4.78 is 30.7. The van der Waals surface area contributed by atoms with Crippen LogP contribution in [0.15, 0.2) is 89.5 Å². The Labute approximate surface area is 192 Å². The van der Waals surface area contributed by atoms with Crippen LogP contribution in [0.5, 0.6) is 0 Å². The van der Waals surface area contributed by atoms with Crippen molar-refractivity contribution in [1.82, 2.24) is 9.47 Å². The maximum atomic E-state index is 14.4. The third kappa shape index (κ3) is 3.69. The molecule has 2 amide bonds. The summed E-state index contributed by atoms with van der Waals surface area (Å²) >= 11 is 3.23. The average molecular weight is 494 g/mol. The molecule has 0 saturated heterocycles. The van der Waals surface area contributed by atoms with Crippen molar-refractivity contribution >= 4 is 27.6 Å². The number of amides is 2. The quantitative estimate of drug-likeness (QED) is 0.333. The zero-order chi connectivity index (χ0) is 22.2. The minimum absolute atomic E-state index is 0.0870. The topological polar surface area (TPSA) is 37.3 Å². The van der Waals surface area contributed by atoms with E-state index in [1.54, 1.807) is 23.1 Å². The fraction of sp³-hybridized carbons (Fsp3) is 0.0800. The van der Waals surface area contributed by atoms with Crippen LogP contribution in [0, 0.1) is 11.6 Å². The lowest BCUT2D eigenvalue weighted by molar-refractivity contribution is 0.194. The molecule has 5 rings (SSSR count). The predicted molar refractivity (Wildman–Crippen MR) is 123 cm³/mol. The van der Waals surface area contributed by atoms with Crippen molar-refractivity contribution in [3.63, 3.8) is 0 Å². The second-order valence-corrected chi connectivity index (χ2v) is 8.48. The van der Waals surface area contributed by atoms with E-state index in [0.717, 1.165) is 22.5 Å². The molecule has 1 aromatic heterocycles. The molecule has 7 heteroatoms. The van der Waals surface area contributed by atoms with E-state index in [9.17, 15) is 13.6 Å². The fourth-order valence-corrected chi connectivity index (χ4v) is 4.45. The number of anilines is 1. The molecule has 0 fully saturated rings. The van der Waals surface area contributed by atoms with Gasteiger partial charge >= 0.3 is 6.03 Å². The number of para-hydroxylation sites is 1. The van der Waals surface area contributed by atoms with Gasteiger partial charge in [-0.25, -0.2) is 13.6 Å². The third-order valence-corrected chi connectivity index (χ3v) is 6.08. The minimum atomic E-state index is -0.537. The van der Waals surface area contributed by atoms with Crippen molar-refractivity contribution in [2.24, 2.45) is 0 Å². The van der Waals surface area contributed by atoms with E-state index in [-0.39, 0.29) is 11.5 Å². The van der Waals surface area contributed by atoms with Crippen molar-refractivity contribution in [3.8, 4) is 5.69 Å². The molecule has 3 aromatic carbocycles. The number of fused-ring (bicyclic) bond motifs is 3. The van der Waals surface area contributed by atoms with Gasteiger partial charge in [-0.1, -0.05) is 46.3 Å². The third-order valence-electron chi connectivity index (χ3n) is 5.58. The van der Waals surface area contributed by atoms with Crippen LogP contribution in [-0.4, -0.2) is 15.5 Å². The van der Waals surface area contributed by atoms with Crippen LogP contribution in [0.25, 0.3) is 5.69 Å². The second kappa shape index (κ2) is 8.24. The molecular weight excluding hydrogens is 476 g/mol. The van der Waals surface area contributed by atoms with Gasteiger partial charge in [0.25, 0.3) is 0 Å². The number of halogens is 3. The van der Waals surface area contributed by atoms with E-state index < -0.39 is 17.9 Å². The monoisotopic (exact) mass is 493 g/mol. The summed E-state index contributed by atoms with van der Waals surface area (Å²) in [5.74, 6) is -0.890. The lowest BCUT2D eigenvalue weighted by Gasteiger charge is -2.31. The lowest BCUT2D eigenvalue weighted by Crippen LogP contribution is -2.38. The number of benzene rings is 3. The molecule has 2 heterocycles. The fourth-order valence-electron chi connectivity index (χ4n) is 4.11. The number of urea groups is 1. The van der Waals surface area contributed by atoms with Gasteiger partial charge in [0.15, 0.2) is 0 Å². The SMILES string of the molecule is O=C(Nc1ccc(Br)cc1F)N1Cc2ccccc2-n2cccc2C1c1ccc(F)cc1.